The molecule has 0 radical (unpaired) electrons. The van der Waals surface area contributed by atoms with Gasteiger partial charge in [-0.2, -0.15) is 0 Å². The number of rotatable bonds is 6. The Labute approximate surface area is 128 Å². The van der Waals surface area contributed by atoms with E-state index in [0.29, 0.717) is 0 Å². The Balaban J connectivity index is 2.18. The zero-order valence-electron chi connectivity index (χ0n) is 11.8. The van der Waals surface area contributed by atoms with Crippen molar-refractivity contribution in [2.24, 2.45) is 0 Å². The van der Waals surface area contributed by atoms with E-state index < -0.39 is 0 Å². The van der Waals surface area contributed by atoms with Gasteiger partial charge >= 0.3 is 0 Å². The highest BCUT2D eigenvalue weighted by atomic mass is 79.9. The van der Waals surface area contributed by atoms with Crippen LogP contribution in [0.15, 0.2) is 41.3 Å². The van der Waals surface area contributed by atoms with Crippen LogP contribution in [0.5, 0.6) is 0 Å². The Kier molecular flexibility index (Phi) is 5.49. The predicted octanol–water partition coefficient (Wildman–Crippen LogP) is 2.99. The smallest absolute Gasteiger partial charge is 0.133 e. The molecule has 2 heterocycles. The second-order valence-corrected chi connectivity index (χ2v) is 5.54. The normalized spacial score (nSPS) is 10.6. The highest BCUT2D eigenvalue weighted by molar-refractivity contribution is 9.10. The number of aromatic nitrogens is 2. The minimum Gasteiger partial charge on any atom is -0.355 e. The summed E-state index contributed by atoms with van der Waals surface area (Å²) >= 11 is 3.49. The van der Waals surface area contributed by atoms with Gasteiger partial charge in [0.25, 0.3) is 0 Å². The van der Waals surface area contributed by atoms with Gasteiger partial charge in [-0.3, -0.25) is 4.98 Å². The van der Waals surface area contributed by atoms with Crippen LogP contribution in [0.3, 0.4) is 0 Å². The van der Waals surface area contributed by atoms with Gasteiger partial charge in [-0.05, 0) is 46.2 Å². The molecule has 106 valence electrons. The molecule has 0 bridgehead atoms. The van der Waals surface area contributed by atoms with Gasteiger partial charge in [-0.15, -0.1) is 0 Å². The average molecular weight is 335 g/mol. The van der Waals surface area contributed by atoms with Crippen LogP contribution in [0.25, 0.3) is 0 Å². The number of anilines is 1. The molecule has 0 amide bonds. The third-order valence-electron chi connectivity index (χ3n) is 3.01. The minimum atomic E-state index is 0.816. The number of nitrogens with one attached hydrogen (secondary N) is 1. The van der Waals surface area contributed by atoms with E-state index in [-0.39, 0.29) is 0 Å². The van der Waals surface area contributed by atoms with Crippen LogP contribution >= 0.6 is 15.9 Å². The zero-order valence-corrected chi connectivity index (χ0v) is 13.4. The topological polar surface area (TPSA) is 41.1 Å². The Morgan fingerprint density at radius 1 is 1.30 bits per heavy atom. The lowest BCUT2D eigenvalue weighted by Crippen LogP contribution is -2.22. The maximum Gasteiger partial charge on any atom is 0.133 e. The first-order valence-corrected chi connectivity index (χ1v) is 7.45. The molecule has 5 heteroatoms. The van der Waals surface area contributed by atoms with E-state index in [1.54, 1.807) is 0 Å². The van der Waals surface area contributed by atoms with Crippen molar-refractivity contribution in [2.45, 2.75) is 20.0 Å². The summed E-state index contributed by atoms with van der Waals surface area (Å²) in [5.41, 5.74) is 2.42. The lowest BCUT2D eigenvalue weighted by molar-refractivity contribution is 0.718. The van der Waals surface area contributed by atoms with Gasteiger partial charge in [-0.25, -0.2) is 4.98 Å². The quantitative estimate of drug-likeness (QED) is 0.881. The number of hydrogen-bond donors (Lipinski definition) is 1. The van der Waals surface area contributed by atoms with Crippen molar-refractivity contribution in [2.75, 3.05) is 18.5 Å². The van der Waals surface area contributed by atoms with Crippen LogP contribution < -0.4 is 10.2 Å². The molecule has 0 saturated carbocycles. The first-order valence-electron chi connectivity index (χ1n) is 6.66. The largest absolute Gasteiger partial charge is 0.355 e. The van der Waals surface area contributed by atoms with E-state index in [1.807, 2.05) is 30.7 Å². The maximum absolute atomic E-state index is 4.55. The van der Waals surface area contributed by atoms with Crippen molar-refractivity contribution in [1.82, 2.24) is 15.3 Å². The first kappa shape index (κ1) is 14.9. The fourth-order valence-electron chi connectivity index (χ4n) is 2.04. The molecule has 0 atom stereocenters. The van der Waals surface area contributed by atoms with E-state index in [4.69, 9.17) is 0 Å². The molecule has 0 aliphatic rings. The number of halogens is 1. The highest BCUT2D eigenvalue weighted by Crippen LogP contribution is 2.22. The molecule has 0 aliphatic carbocycles. The van der Waals surface area contributed by atoms with Gasteiger partial charge in [0.1, 0.15) is 5.82 Å². The van der Waals surface area contributed by atoms with Crippen molar-refractivity contribution >= 4 is 21.7 Å². The molecular formula is C15H19BrN4. The molecule has 0 aromatic carbocycles. The highest BCUT2D eigenvalue weighted by Gasteiger charge is 2.10. The second-order valence-electron chi connectivity index (χ2n) is 4.63. The minimum absolute atomic E-state index is 0.816. The summed E-state index contributed by atoms with van der Waals surface area (Å²) in [6, 6.07) is 6.17. The molecule has 1 N–H and O–H groups in total. The average Bonchev–Trinajstić information content (AvgIpc) is 2.46. The molecule has 20 heavy (non-hydrogen) atoms. The van der Waals surface area contributed by atoms with Crippen LogP contribution in [0.1, 0.15) is 18.1 Å². The number of nitrogens with zero attached hydrogens (tertiary/aromatic N) is 3. The van der Waals surface area contributed by atoms with Crippen LogP contribution in [-0.4, -0.2) is 23.6 Å². The van der Waals surface area contributed by atoms with Crippen molar-refractivity contribution < 1.29 is 0 Å². The third-order valence-corrected chi connectivity index (χ3v) is 3.44. The van der Waals surface area contributed by atoms with Gasteiger partial charge in [-0.1, -0.05) is 6.92 Å². The van der Waals surface area contributed by atoms with Crippen LogP contribution in [0.2, 0.25) is 0 Å². The molecule has 2 rings (SSSR count). The Bertz CT molecular complexity index is 545. The molecule has 2 aromatic heterocycles. The van der Waals surface area contributed by atoms with Crippen LogP contribution in [-0.2, 0) is 13.1 Å². The van der Waals surface area contributed by atoms with Gasteiger partial charge in [0.05, 0.1) is 0 Å². The van der Waals surface area contributed by atoms with E-state index in [2.05, 4.69) is 56.2 Å². The molecule has 0 unspecified atom stereocenters. The number of hydrogen-bond acceptors (Lipinski definition) is 4. The third kappa shape index (κ3) is 4.02. The van der Waals surface area contributed by atoms with Crippen LogP contribution in [0.4, 0.5) is 5.82 Å². The first-order chi connectivity index (χ1) is 9.70. The lowest BCUT2D eigenvalue weighted by atomic mass is 10.2. The van der Waals surface area contributed by atoms with E-state index in [9.17, 15) is 0 Å². The number of pyridine rings is 2. The molecule has 2 aromatic rings. The zero-order chi connectivity index (χ0) is 14.4. The fraction of sp³-hybridized carbons (Fsp3) is 0.333. The van der Waals surface area contributed by atoms with Crippen molar-refractivity contribution in [1.29, 1.82) is 0 Å². The summed E-state index contributed by atoms with van der Waals surface area (Å²) in [7, 11) is 2.06. The van der Waals surface area contributed by atoms with E-state index in [1.165, 1.54) is 11.1 Å². The molecule has 0 fully saturated rings. The van der Waals surface area contributed by atoms with Crippen molar-refractivity contribution in [3.8, 4) is 0 Å². The standard InChI is InChI=1S/C15H19BrN4/c1-3-17-9-13-8-14(16)10-19-15(13)20(2)11-12-4-6-18-7-5-12/h4-8,10,17H,3,9,11H2,1-2H3. The fourth-order valence-corrected chi connectivity index (χ4v) is 2.42. The SMILES string of the molecule is CCNCc1cc(Br)cnc1N(C)Cc1ccncc1. The Hall–Kier alpha value is -1.46. The van der Waals surface area contributed by atoms with Crippen molar-refractivity contribution in [3.63, 3.8) is 0 Å². The monoisotopic (exact) mass is 334 g/mol. The van der Waals surface area contributed by atoms with Crippen LogP contribution in [0, 0.1) is 0 Å². The summed E-state index contributed by atoms with van der Waals surface area (Å²) in [4.78, 5) is 10.8. The summed E-state index contributed by atoms with van der Waals surface area (Å²) in [5.74, 6) is 1.01. The lowest BCUT2D eigenvalue weighted by Gasteiger charge is -2.21. The Morgan fingerprint density at radius 3 is 2.75 bits per heavy atom. The summed E-state index contributed by atoms with van der Waals surface area (Å²) in [5, 5.41) is 3.35. The molecule has 0 aliphatic heterocycles. The molecular weight excluding hydrogens is 316 g/mol. The maximum atomic E-state index is 4.55. The summed E-state index contributed by atoms with van der Waals surface area (Å²) < 4.78 is 1.01. The van der Waals surface area contributed by atoms with Crippen molar-refractivity contribution in [3.05, 3.63) is 52.4 Å². The second kappa shape index (κ2) is 7.36. The van der Waals surface area contributed by atoms with Gasteiger partial charge in [0.15, 0.2) is 0 Å². The molecule has 4 nitrogen and oxygen atoms in total. The Morgan fingerprint density at radius 2 is 2.05 bits per heavy atom. The van der Waals surface area contributed by atoms with E-state index >= 15 is 0 Å². The van der Waals surface area contributed by atoms with Gasteiger partial charge < -0.3 is 10.2 Å². The summed E-state index contributed by atoms with van der Waals surface area (Å²) in [6.45, 7) is 4.68. The van der Waals surface area contributed by atoms with E-state index in [0.717, 1.165) is 29.9 Å². The summed E-state index contributed by atoms with van der Waals surface area (Å²) in [6.07, 6.45) is 5.48. The van der Waals surface area contributed by atoms with Gasteiger partial charge in [0, 0.05) is 48.8 Å². The van der Waals surface area contributed by atoms with Gasteiger partial charge in [0.2, 0.25) is 0 Å². The predicted molar refractivity (Wildman–Crippen MR) is 85.7 cm³/mol. The molecule has 0 saturated heterocycles. The molecule has 0 spiro atoms.